The van der Waals surface area contributed by atoms with Gasteiger partial charge in [-0.2, -0.15) is 5.26 Å². The topological polar surface area (TPSA) is 53.6 Å². The zero-order valence-corrected chi connectivity index (χ0v) is 11.1. The van der Waals surface area contributed by atoms with Gasteiger partial charge in [0.05, 0.1) is 22.7 Å². The van der Waals surface area contributed by atoms with Gasteiger partial charge in [0.2, 0.25) is 0 Å². The summed E-state index contributed by atoms with van der Waals surface area (Å²) in [6.45, 7) is 5.18. The molecule has 0 aliphatic carbocycles. The molecule has 0 fully saturated rings. The molecule has 0 aliphatic rings. The predicted octanol–water partition coefficient (Wildman–Crippen LogP) is 1.99. The van der Waals surface area contributed by atoms with Crippen molar-refractivity contribution in [3.63, 3.8) is 0 Å². The Balaban J connectivity index is 2.24. The van der Waals surface area contributed by atoms with Gasteiger partial charge in [-0.15, -0.1) is 0 Å². The van der Waals surface area contributed by atoms with Crippen molar-refractivity contribution in [2.45, 2.75) is 26.3 Å². The average molecular weight is 242 g/mol. The smallest absolute Gasteiger partial charge is 0.110 e. The third kappa shape index (κ3) is 2.52. The van der Waals surface area contributed by atoms with Crippen LogP contribution in [0.25, 0.3) is 11.0 Å². The molecule has 0 bridgehead atoms. The number of nitrogens with one attached hydrogen (secondary N) is 1. The molecule has 0 spiro atoms. The van der Waals surface area contributed by atoms with Crippen LogP contribution < -0.4 is 5.32 Å². The highest BCUT2D eigenvalue weighted by Gasteiger charge is 2.08. The Morgan fingerprint density at radius 1 is 1.44 bits per heavy atom. The van der Waals surface area contributed by atoms with Crippen LogP contribution in [0.3, 0.4) is 0 Å². The Bertz CT molecular complexity index is 590. The molecule has 0 atom stereocenters. The van der Waals surface area contributed by atoms with Crippen LogP contribution in [0.1, 0.15) is 25.2 Å². The molecular formula is C14H18N4. The molecule has 0 amide bonds. The van der Waals surface area contributed by atoms with E-state index in [1.165, 1.54) is 0 Å². The molecule has 0 aliphatic heterocycles. The van der Waals surface area contributed by atoms with Gasteiger partial charge in [-0.1, -0.05) is 13.8 Å². The van der Waals surface area contributed by atoms with Crippen LogP contribution in [0.15, 0.2) is 18.2 Å². The molecule has 1 aromatic heterocycles. The molecular weight excluding hydrogens is 224 g/mol. The molecule has 1 aromatic carbocycles. The Kier molecular flexibility index (Phi) is 3.63. The fourth-order valence-corrected chi connectivity index (χ4v) is 2.02. The summed E-state index contributed by atoms with van der Waals surface area (Å²) < 4.78 is 2.10. The second-order valence-electron chi connectivity index (χ2n) is 4.76. The number of hydrogen-bond donors (Lipinski definition) is 1. The third-order valence-corrected chi connectivity index (χ3v) is 3.00. The lowest BCUT2D eigenvalue weighted by Crippen LogP contribution is -2.25. The second-order valence-corrected chi connectivity index (χ2v) is 4.76. The summed E-state index contributed by atoms with van der Waals surface area (Å²) in [5.74, 6) is 1.05. The first-order valence-electron chi connectivity index (χ1n) is 6.20. The SMILES string of the molecule is CC(C)NCCc1nc2cc(C#N)ccc2n1C. The quantitative estimate of drug-likeness (QED) is 0.892. The summed E-state index contributed by atoms with van der Waals surface area (Å²) >= 11 is 0. The number of nitrogens with zero attached hydrogens (tertiary/aromatic N) is 3. The maximum Gasteiger partial charge on any atom is 0.110 e. The van der Waals surface area contributed by atoms with Gasteiger partial charge >= 0.3 is 0 Å². The van der Waals surface area contributed by atoms with Crippen molar-refractivity contribution in [2.24, 2.45) is 7.05 Å². The number of aryl methyl sites for hydroxylation is 1. The Morgan fingerprint density at radius 3 is 2.89 bits per heavy atom. The van der Waals surface area contributed by atoms with Crippen LogP contribution in [-0.4, -0.2) is 22.1 Å². The summed E-state index contributed by atoms with van der Waals surface area (Å²) in [6, 6.07) is 8.27. The van der Waals surface area contributed by atoms with E-state index in [0.717, 1.165) is 29.8 Å². The first-order valence-corrected chi connectivity index (χ1v) is 6.20. The van der Waals surface area contributed by atoms with Gasteiger partial charge in [-0.3, -0.25) is 0 Å². The van der Waals surface area contributed by atoms with Gasteiger partial charge in [0, 0.05) is 26.1 Å². The highest BCUT2D eigenvalue weighted by atomic mass is 15.1. The summed E-state index contributed by atoms with van der Waals surface area (Å²) in [5, 5.41) is 12.3. The molecule has 18 heavy (non-hydrogen) atoms. The minimum absolute atomic E-state index is 0.491. The van der Waals surface area contributed by atoms with Crippen molar-refractivity contribution >= 4 is 11.0 Å². The number of imidazole rings is 1. The van der Waals surface area contributed by atoms with Gasteiger partial charge in [0.25, 0.3) is 0 Å². The number of rotatable bonds is 4. The lowest BCUT2D eigenvalue weighted by molar-refractivity contribution is 0.578. The minimum atomic E-state index is 0.491. The molecule has 2 rings (SSSR count). The summed E-state index contributed by atoms with van der Waals surface area (Å²) in [5.41, 5.74) is 2.64. The molecule has 0 unspecified atom stereocenters. The standard InChI is InChI=1S/C14H18N4/c1-10(2)16-7-6-14-17-12-8-11(9-15)4-5-13(12)18(14)3/h4-5,8,10,16H,6-7H2,1-3H3. The predicted molar refractivity (Wildman–Crippen MR) is 72.3 cm³/mol. The third-order valence-electron chi connectivity index (χ3n) is 3.00. The van der Waals surface area contributed by atoms with E-state index < -0.39 is 0 Å². The van der Waals surface area contributed by atoms with Crippen LogP contribution >= 0.6 is 0 Å². The first kappa shape index (κ1) is 12.6. The van der Waals surface area contributed by atoms with Crippen LogP contribution in [0.5, 0.6) is 0 Å². The normalized spacial score (nSPS) is 11.1. The number of aromatic nitrogens is 2. The van der Waals surface area contributed by atoms with E-state index in [9.17, 15) is 0 Å². The molecule has 4 heteroatoms. The maximum atomic E-state index is 8.88. The zero-order valence-electron chi connectivity index (χ0n) is 11.1. The number of nitriles is 1. The summed E-state index contributed by atoms with van der Waals surface area (Å²) in [7, 11) is 2.02. The van der Waals surface area contributed by atoms with E-state index in [-0.39, 0.29) is 0 Å². The number of fused-ring (bicyclic) bond motifs is 1. The fourth-order valence-electron chi connectivity index (χ4n) is 2.02. The highest BCUT2D eigenvalue weighted by Crippen LogP contribution is 2.16. The molecule has 94 valence electrons. The van der Waals surface area contributed by atoms with Crippen molar-refractivity contribution < 1.29 is 0 Å². The van der Waals surface area contributed by atoms with Crippen LogP contribution in [0.4, 0.5) is 0 Å². The Hall–Kier alpha value is -1.86. The molecule has 0 saturated heterocycles. The molecule has 1 heterocycles. The molecule has 2 aromatic rings. The van der Waals surface area contributed by atoms with Crippen molar-refractivity contribution in [3.8, 4) is 6.07 Å². The Labute approximate surface area is 107 Å². The molecule has 4 nitrogen and oxygen atoms in total. The first-order chi connectivity index (χ1) is 8.61. The fraction of sp³-hybridized carbons (Fsp3) is 0.429. The molecule has 0 radical (unpaired) electrons. The number of hydrogen-bond acceptors (Lipinski definition) is 3. The maximum absolute atomic E-state index is 8.88. The Morgan fingerprint density at radius 2 is 2.22 bits per heavy atom. The lowest BCUT2D eigenvalue weighted by Gasteiger charge is -2.07. The van der Waals surface area contributed by atoms with Gasteiger partial charge in [0.15, 0.2) is 0 Å². The molecule has 0 saturated carbocycles. The summed E-state index contributed by atoms with van der Waals surface area (Å²) in [4.78, 5) is 4.59. The van der Waals surface area contributed by atoms with Crippen molar-refractivity contribution in [2.75, 3.05) is 6.54 Å². The highest BCUT2D eigenvalue weighted by molar-refractivity contribution is 5.77. The van der Waals surface area contributed by atoms with Crippen molar-refractivity contribution in [1.82, 2.24) is 14.9 Å². The zero-order chi connectivity index (χ0) is 13.1. The minimum Gasteiger partial charge on any atom is -0.331 e. The largest absolute Gasteiger partial charge is 0.331 e. The van der Waals surface area contributed by atoms with Crippen LogP contribution in [-0.2, 0) is 13.5 Å². The van der Waals surface area contributed by atoms with E-state index in [0.29, 0.717) is 11.6 Å². The average Bonchev–Trinajstić information content (AvgIpc) is 2.65. The van der Waals surface area contributed by atoms with E-state index in [1.807, 2.05) is 25.2 Å². The second kappa shape index (κ2) is 5.19. The monoisotopic (exact) mass is 242 g/mol. The van der Waals surface area contributed by atoms with E-state index in [4.69, 9.17) is 5.26 Å². The molecule has 1 N–H and O–H groups in total. The van der Waals surface area contributed by atoms with Crippen LogP contribution in [0.2, 0.25) is 0 Å². The van der Waals surface area contributed by atoms with Crippen LogP contribution in [0, 0.1) is 11.3 Å². The van der Waals surface area contributed by atoms with E-state index in [1.54, 1.807) is 0 Å². The van der Waals surface area contributed by atoms with Crippen molar-refractivity contribution in [3.05, 3.63) is 29.6 Å². The van der Waals surface area contributed by atoms with E-state index in [2.05, 4.69) is 34.8 Å². The van der Waals surface area contributed by atoms with Gasteiger partial charge < -0.3 is 9.88 Å². The van der Waals surface area contributed by atoms with E-state index >= 15 is 0 Å². The van der Waals surface area contributed by atoms with Gasteiger partial charge in [-0.25, -0.2) is 4.98 Å². The number of benzene rings is 1. The van der Waals surface area contributed by atoms with Gasteiger partial charge in [-0.05, 0) is 18.2 Å². The van der Waals surface area contributed by atoms with Crippen molar-refractivity contribution in [1.29, 1.82) is 5.26 Å². The van der Waals surface area contributed by atoms with Gasteiger partial charge in [0.1, 0.15) is 5.82 Å². The lowest BCUT2D eigenvalue weighted by atomic mass is 10.2. The summed E-state index contributed by atoms with van der Waals surface area (Å²) in [6.07, 6.45) is 0.894.